The van der Waals surface area contributed by atoms with Crippen LogP contribution in [0, 0.1) is 19.8 Å². The summed E-state index contributed by atoms with van der Waals surface area (Å²) >= 11 is 0. The lowest BCUT2D eigenvalue weighted by Crippen LogP contribution is -2.43. The number of hydrogen-bond acceptors (Lipinski definition) is 8. The Morgan fingerprint density at radius 1 is 1.22 bits per heavy atom. The van der Waals surface area contributed by atoms with Crippen molar-refractivity contribution in [3.8, 4) is 11.5 Å². The molecule has 1 amide bonds. The third-order valence-electron chi connectivity index (χ3n) is 5.61. The fourth-order valence-corrected chi connectivity index (χ4v) is 4.04. The van der Waals surface area contributed by atoms with Crippen molar-refractivity contribution >= 4 is 22.8 Å². The van der Waals surface area contributed by atoms with Crippen molar-refractivity contribution < 1.29 is 9.32 Å². The number of carbonyl (C=O) groups excluding carboxylic acids is 1. The van der Waals surface area contributed by atoms with Gasteiger partial charge in [0.1, 0.15) is 23.0 Å². The van der Waals surface area contributed by atoms with Crippen LogP contribution in [0.2, 0.25) is 0 Å². The molecule has 10 heteroatoms. The number of hydrogen-bond donors (Lipinski definition) is 2. The number of fused-ring (bicyclic) bond motifs is 1. The molecule has 2 N–H and O–H groups in total. The van der Waals surface area contributed by atoms with Crippen molar-refractivity contribution in [1.82, 2.24) is 35.4 Å². The quantitative estimate of drug-likeness (QED) is 0.493. The summed E-state index contributed by atoms with van der Waals surface area (Å²) in [7, 11) is 0. The van der Waals surface area contributed by atoms with Crippen LogP contribution in [0.15, 0.2) is 35.0 Å². The van der Waals surface area contributed by atoms with E-state index in [9.17, 15) is 4.79 Å². The van der Waals surface area contributed by atoms with Gasteiger partial charge in [0.25, 0.3) is 5.89 Å². The minimum Gasteiger partial charge on any atom is -0.355 e. The average Bonchev–Trinajstić information content (AvgIpc) is 3.43. The Bertz CT molecular complexity index is 1230. The number of aryl methyl sites for hydroxylation is 2. The maximum atomic E-state index is 12.9. The maximum Gasteiger partial charge on any atom is 0.263 e. The lowest BCUT2D eigenvalue weighted by Gasteiger charge is -2.33. The predicted molar refractivity (Wildman–Crippen MR) is 118 cm³/mol. The standard InChI is InChI=1S/C22H24N8O2/c1-13-23-10-16(22-26-14(2)29-32-22)20(25-13)30-9-5-6-15(12-30)21(31)24-11-19-27-17-7-3-4-8-18(17)28-19/h3-4,7-8,10,15H,5-6,9,11-12H2,1-2H3,(H,24,31)(H,27,28). The molecule has 1 atom stereocenters. The number of rotatable bonds is 5. The van der Waals surface area contributed by atoms with Gasteiger partial charge in [0.05, 0.1) is 23.5 Å². The maximum absolute atomic E-state index is 12.9. The van der Waals surface area contributed by atoms with Crippen molar-refractivity contribution in [2.75, 3.05) is 18.0 Å². The van der Waals surface area contributed by atoms with Crippen molar-refractivity contribution in [3.63, 3.8) is 0 Å². The van der Waals surface area contributed by atoms with Gasteiger partial charge in [0.2, 0.25) is 5.91 Å². The highest BCUT2D eigenvalue weighted by Gasteiger charge is 2.29. The van der Waals surface area contributed by atoms with Crippen LogP contribution in [-0.2, 0) is 11.3 Å². The first kappa shape index (κ1) is 20.1. The molecule has 0 radical (unpaired) electrons. The fraction of sp³-hybridized carbons (Fsp3) is 0.364. The number of piperidine rings is 1. The number of aromatic amines is 1. The van der Waals surface area contributed by atoms with Gasteiger partial charge in [-0.05, 0) is 38.8 Å². The molecule has 1 fully saturated rings. The summed E-state index contributed by atoms with van der Waals surface area (Å²) in [6.07, 6.45) is 3.41. The van der Waals surface area contributed by atoms with E-state index in [0.717, 1.165) is 42.1 Å². The SMILES string of the molecule is Cc1noc(-c2cnc(C)nc2N2CCCC(C(=O)NCc3nc4ccccc4[nH]3)C2)n1. The molecule has 0 spiro atoms. The molecule has 10 nitrogen and oxygen atoms in total. The molecule has 1 aliphatic heterocycles. The minimum atomic E-state index is -0.152. The van der Waals surface area contributed by atoms with Crippen molar-refractivity contribution in [2.45, 2.75) is 33.2 Å². The second kappa shape index (κ2) is 8.37. The summed E-state index contributed by atoms with van der Waals surface area (Å²) in [5, 5.41) is 6.91. The third-order valence-corrected chi connectivity index (χ3v) is 5.61. The van der Waals surface area contributed by atoms with Crippen LogP contribution < -0.4 is 10.2 Å². The van der Waals surface area contributed by atoms with E-state index in [2.05, 4.69) is 40.3 Å². The van der Waals surface area contributed by atoms with Crippen LogP contribution in [0.3, 0.4) is 0 Å². The zero-order valence-corrected chi connectivity index (χ0v) is 18.0. The number of carbonyl (C=O) groups is 1. The summed E-state index contributed by atoms with van der Waals surface area (Å²) in [6.45, 7) is 5.33. The summed E-state index contributed by atoms with van der Waals surface area (Å²) in [6, 6.07) is 7.82. The second-order valence-corrected chi connectivity index (χ2v) is 8.00. The van der Waals surface area contributed by atoms with E-state index < -0.39 is 0 Å². The Hall–Kier alpha value is -3.82. The normalized spacial score (nSPS) is 16.4. The van der Waals surface area contributed by atoms with E-state index in [1.54, 1.807) is 13.1 Å². The Balaban J connectivity index is 1.30. The summed E-state index contributed by atoms with van der Waals surface area (Å²) < 4.78 is 5.35. The van der Waals surface area contributed by atoms with Gasteiger partial charge in [-0.3, -0.25) is 4.79 Å². The predicted octanol–water partition coefficient (Wildman–Crippen LogP) is 2.55. The molecule has 32 heavy (non-hydrogen) atoms. The lowest BCUT2D eigenvalue weighted by atomic mass is 9.96. The summed E-state index contributed by atoms with van der Waals surface area (Å²) in [5.74, 6) is 2.90. The van der Waals surface area contributed by atoms with Crippen LogP contribution in [0.4, 0.5) is 5.82 Å². The van der Waals surface area contributed by atoms with Gasteiger partial charge < -0.3 is 19.7 Å². The zero-order valence-electron chi connectivity index (χ0n) is 18.0. The number of imidazole rings is 1. The first-order valence-electron chi connectivity index (χ1n) is 10.7. The highest BCUT2D eigenvalue weighted by Crippen LogP contribution is 2.30. The second-order valence-electron chi connectivity index (χ2n) is 8.00. The van der Waals surface area contributed by atoms with Gasteiger partial charge in [-0.1, -0.05) is 17.3 Å². The highest BCUT2D eigenvalue weighted by molar-refractivity contribution is 5.80. The number of amides is 1. The Morgan fingerprint density at radius 2 is 2.09 bits per heavy atom. The molecule has 164 valence electrons. The first-order valence-corrected chi connectivity index (χ1v) is 10.7. The fourth-order valence-electron chi connectivity index (χ4n) is 4.04. The molecule has 5 rings (SSSR count). The first-order chi connectivity index (χ1) is 15.6. The smallest absolute Gasteiger partial charge is 0.263 e. The van der Waals surface area contributed by atoms with Crippen LogP contribution in [0.25, 0.3) is 22.5 Å². The van der Waals surface area contributed by atoms with Crippen LogP contribution in [0.5, 0.6) is 0 Å². The Morgan fingerprint density at radius 3 is 2.91 bits per heavy atom. The molecule has 1 saturated heterocycles. The van der Waals surface area contributed by atoms with Gasteiger partial charge in [0, 0.05) is 19.3 Å². The van der Waals surface area contributed by atoms with Crippen molar-refractivity contribution in [2.24, 2.45) is 5.92 Å². The number of H-pyrrole nitrogens is 1. The Labute approximate surface area is 184 Å². The molecular weight excluding hydrogens is 408 g/mol. The molecule has 0 aliphatic carbocycles. The number of nitrogens with zero attached hydrogens (tertiary/aromatic N) is 6. The van der Waals surface area contributed by atoms with Crippen LogP contribution in [-0.4, -0.2) is 49.1 Å². The van der Waals surface area contributed by atoms with Gasteiger partial charge in [-0.25, -0.2) is 15.0 Å². The Kier molecular flexibility index (Phi) is 5.26. The molecule has 3 aromatic heterocycles. The number of aromatic nitrogens is 6. The van der Waals surface area contributed by atoms with E-state index in [1.807, 2.05) is 31.2 Å². The zero-order chi connectivity index (χ0) is 22.1. The van der Waals surface area contributed by atoms with Gasteiger partial charge in [-0.2, -0.15) is 4.98 Å². The topological polar surface area (TPSA) is 126 Å². The summed E-state index contributed by atoms with van der Waals surface area (Å²) in [4.78, 5) is 36.1. The molecular formula is C22H24N8O2. The average molecular weight is 432 g/mol. The molecule has 1 unspecified atom stereocenters. The highest BCUT2D eigenvalue weighted by atomic mass is 16.5. The van der Waals surface area contributed by atoms with E-state index in [4.69, 9.17) is 4.52 Å². The van der Waals surface area contributed by atoms with Crippen molar-refractivity contribution in [3.05, 3.63) is 47.9 Å². The molecule has 4 heterocycles. The van der Waals surface area contributed by atoms with E-state index in [1.165, 1.54) is 0 Å². The molecule has 0 bridgehead atoms. The number of para-hydroxylation sites is 2. The third kappa shape index (κ3) is 4.03. The van der Waals surface area contributed by atoms with E-state index in [0.29, 0.717) is 36.2 Å². The van der Waals surface area contributed by atoms with Gasteiger partial charge in [-0.15, -0.1) is 0 Å². The molecule has 0 saturated carbocycles. The largest absolute Gasteiger partial charge is 0.355 e. The summed E-state index contributed by atoms with van der Waals surface area (Å²) in [5.41, 5.74) is 2.53. The number of benzene rings is 1. The molecule has 1 aliphatic rings. The van der Waals surface area contributed by atoms with Crippen LogP contribution >= 0.6 is 0 Å². The molecule has 4 aromatic rings. The number of nitrogens with one attached hydrogen (secondary N) is 2. The minimum absolute atomic E-state index is 0.0103. The lowest BCUT2D eigenvalue weighted by molar-refractivity contribution is -0.125. The van der Waals surface area contributed by atoms with Gasteiger partial charge >= 0.3 is 0 Å². The number of anilines is 1. The monoisotopic (exact) mass is 432 g/mol. The van der Waals surface area contributed by atoms with Crippen molar-refractivity contribution in [1.29, 1.82) is 0 Å². The molecule has 1 aromatic carbocycles. The van der Waals surface area contributed by atoms with Gasteiger partial charge in [0.15, 0.2) is 5.82 Å². The van der Waals surface area contributed by atoms with E-state index in [-0.39, 0.29) is 11.8 Å². The van der Waals surface area contributed by atoms with Crippen LogP contribution in [0.1, 0.15) is 30.3 Å². The van der Waals surface area contributed by atoms with E-state index >= 15 is 0 Å².